The number of hydrogen-bond donors (Lipinski definition) is 0. The van der Waals surface area contributed by atoms with Gasteiger partial charge in [0.1, 0.15) is 5.69 Å². The van der Waals surface area contributed by atoms with Gasteiger partial charge in [0, 0.05) is 11.8 Å². The number of hydrogen-bond acceptors (Lipinski definition) is 3. The van der Waals surface area contributed by atoms with Crippen LogP contribution in [0.5, 0.6) is 5.75 Å². The predicted molar refractivity (Wildman–Crippen MR) is 75.6 cm³/mol. The molecule has 0 fully saturated rings. The van der Waals surface area contributed by atoms with Gasteiger partial charge in [-0.25, -0.2) is 4.39 Å². The van der Waals surface area contributed by atoms with Crippen LogP contribution in [0.2, 0.25) is 0 Å². The Labute approximate surface area is 129 Å². The zero-order valence-electron chi connectivity index (χ0n) is 11.9. The number of carbonyl (C=O) groups excluding carboxylic acids is 1. The van der Waals surface area contributed by atoms with E-state index in [0.29, 0.717) is 5.56 Å². The van der Waals surface area contributed by atoms with E-state index in [0.717, 1.165) is 24.4 Å². The highest BCUT2D eigenvalue weighted by molar-refractivity contribution is 6.07. The Kier molecular flexibility index (Phi) is 4.78. The summed E-state index contributed by atoms with van der Waals surface area (Å²) in [7, 11) is 1.27. The molecule has 0 aliphatic heterocycles. The van der Waals surface area contributed by atoms with Gasteiger partial charge in [-0.3, -0.25) is 9.78 Å². The van der Waals surface area contributed by atoms with Crippen molar-refractivity contribution in [2.24, 2.45) is 0 Å². The molecule has 0 aliphatic carbocycles. The van der Waals surface area contributed by atoms with E-state index >= 15 is 0 Å². The SMILES string of the molecule is COc1cc(C(=O)C=Cc2ccc(C(F)(F)F)nc2)ccc1F. The molecule has 23 heavy (non-hydrogen) atoms. The second-order valence-corrected chi connectivity index (χ2v) is 4.52. The minimum absolute atomic E-state index is 0.0690. The van der Waals surface area contributed by atoms with E-state index in [1.807, 2.05) is 0 Å². The van der Waals surface area contributed by atoms with Gasteiger partial charge in [-0.15, -0.1) is 0 Å². The van der Waals surface area contributed by atoms with Crippen molar-refractivity contribution in [3.05, 3.63) is 65.2 Å². The van der Waals surface area contributed by atoms with Crippen molar-refractivity contribution >= 4 is 11.9 Å². The number of allylic oxidation sites excluding steroid dienone is 1. The highest BCUT2D eigenvalue weighted by atomic mass is 19.4. The van der Waals surface area contributed by atoms with Gasteiger partial charge >= 0.3 is 6.18 Å². The number of ether oxygens (including phenoxy) is 1. The molecular formula is C16H11F4NO2. The molecule has 0 radical (unpaired) electrons. The third-order valence-electron chi connectivity index (χ3n) is 2.94. The topological polar surface area (TPSA) is 39.2 Å². The second-order valence-electron chi connectivity index (χ2n) is 4.52. The molecule has 0 spiro atoms. The number of carbonyl (C=O) groups is 1. The smallest absolute Gasteiger partial charge is 0.433 e. The van der Waals surface area contributed by atoms with E-state index in [1.54, 1.807) is 0 Å². The molecule has 120 valence electrons. The normalized spacial score (nSPS) is 11.7. The number of rotatable bonds is 4. The van der Waals surface area contributed by atoms with Crippen LogP contribution < -0.4 is 4.74 Å². The van der Waals surface area contributed by atoms with Gasteiger partial charge in [0.2, 0.25) is 0 Å². The Morgan fingerprint density at radius 2 is 1.96 bits per heavy atom. The first-order valence-electron chi connectivity index (χ1n) is 6.40. The molecule has 0 aliphatic rings. The van der Waals surface area contributed by atoms with Gasteiger partial charge in [0.15, 0.2) is 17.3 Å². The van der Waals surface area contributed by atoms with Crippen LogP contribution in [0.1, 0.15) is 21.6 Å². The Balaban J connectivity index is 2.15. The number of alkyl halides is 3. The molecule has 1 aromatic heterocycles. The summed E-state index contributed by atoms with van der Waals surface area (Å²) in [6, 6.07) is 5.65. The second kappa shape index (κ2) is 6.60. The fourth-order valence-electron chi connectivity index (χ4n) is 1.75. The number of aromatic nitrogens is 1. The van der Waals surface area contributed by atoms with Crippen LogP contribution in [0.4, 0.5) is 17.6 Å². The van der Waals surface area contributed by atoms with Crippen molar-refractivity contribution in [1.82, 2.24) is 4.98 Å². The fourth-order valence-corrected chi connectivity index (χ4v) is 1.75. The molecule has 0 saturated carbocycles. The van der Waals surface area contributed by atoms with E-state index in [4.69, 9.17) is 4.74 Å². The lowest BCUT2D eigenvalue weighted by Crippen LogP contribution is -2.07. The van der Waals surface area contributed by atoms with Gasteiger partial charge in [-0.1, -0.05) is 6.07 Å². The van der Waals surface area contributed by atoms with Gasteiger partial charge in [0.25, 0.3) is 0 Å². The van der Waals surface area contributed by atoms with Crippen LogP contribution in [0, 0.1) is 5.82 Å². The minimum atomic E-state index is -4.51. The predicted octanol–water partition coefficient (Wildman–Crippen LogP) is 4.14. The number of benzene rings is 1. The number of halogens is 4. The van der Waals surface area contributed by atoms with Crippen LogP contribution in [0.25, 0.3) is 6.08 Å². The van der Waals surface area contributed by atoms with Gasteiger partial charge < -0.3 is 4.74 Å². The van der Waals surface area contributed by atoms with Gasteiger partial charge in [0.05, 0.1) is 7.11 Å². The Morgan fingerprint density at radius 3 is 2.52 bits per heavy atom. The van der Waals surface area contributed by atoms with E-state index in [2.05, 4.69) is 4.98 Å². The van der Waals surface area contributed by atoms with E-state index in [9.17, 15) is 22.4 Å². The summed E-state index contributed by atoms with van der Waals surface area (Å²) in [5.74, 6) is -1.11. The molecule has 0 amide bonds. The molecule has 0 bridgehead atoms. The molecule has 0 unspecified atom stereocenters. The lowest BCUT2D eigenvalue weighted by atomic mass is 10.1. The lowest BCUT2D eigenvalue weighted by Gasteiger charge is -2.05. The standard InChI is InChI=1S/C16H11F4NO2/c1-23-14-8-11(4-5-12(14)17)13(22)6-2-10-3-7-15(21-9-10)16(18,19)20/h2-9H,1H3. The summed E-state index contributed by atoms with van der Waals surface area (Å²) in [5.41, 5.74) is -0.482. The monoisotopic (exact) mass is 325 g/mol. The van der Waals surface area contributed by atoms with Crippen molar-refractivity contribution in [3.8, 4) is 5.75 Å². The van der Waals surface area contributed by atoms with Crippen molar-refractivity contribution in [2.75, 3.05) is 7.11 Å². The van der Waals surface area contributed by atoms with Crippen LogP contribution in [-0.2, 0) is 6.18 Å². The number of pyridine rings is 1. The van der Waals surface area contributed by atoms with E-state index in [-0.39, 0.29) is 11.3 Å². The van der Waals surface area contributed by atoms with Crippen molar-refractivity contribution in [1.29, 1.82) is 0 Å². The van der Waals surface area contributed by atoms with Crippen molar-refractivity contribution in [3.63, 3.8) is 0 Å². The molecule has 7 heteroatoms. The molecule has 0 atom stereocenters. The summed E-state index contributed by atoms with van der Waals surface area (Å²) < 4.78 is 55.2. The molecular weight excluding hydrogens is 314 g/mol. The summed E-state index contributed by atoms with van der Waals surface area (Å²) in [6.07, 6.45) is -1.01. The van der Waals surface area contributed by atoms with Crippen LogP contribution >= 0.6 is 0 Å². The molecule has 1 aromatic carbocycles. The fraction of sp³-hybridized carbons (Fsp3) is 0.125. The molecule has 1 heterocycles. The largest absolute Gasteiger partial charge is 0.494 e. The van der Waals surface area contributed by atoms with Gasteiger partial charge in [-0.05, 0) is 42.0 Å². The summed E-state index contributed by atoms with van der Waals surface area (Å²) in [6.45, 7) is 0. The number of ketones is 1. The minimum Gasteiger partial charge on any atom is -0.494 e. The highest BCUT2D eigenvalue weighted by Gasteiger charge is 2.31. The Bertz CT molecular complexity index is 737. The first-order valence-corrected chi connectivity index (χ1v) is 6.40. The highest BCUT2D eigenvalue weighted by Crippen LogP contribution is 2.27. The maximum Gasteiger partial charge on any atom is 0.433 e. The average Bonchev–Trinajstić information content (AvgIpc) is 2.52. The maximum atomic E-state index is 13.3. The molecule has 3 nitrogen and oxygen atoms in total. The zero-order chi connectivity index (χ0) is 17.0. The summed E-state index contributed by atoms with van der Waals surface area (Å²) in [5, 5.41) is 0. The lowest BCUT2D eigenvalue weighted by molar-refractivity contribution is -0.141. The Hall–Kier alpha value is -2.70. The van der Waals surface area contributed by atoms with Crippen LogP contribution in [0.3, 0.4) is 0 Å². The van der Waals surface area contributed by atoms with Crippen molar-refractivity contribution in [2.45, 2.75) is 6.18 Å². The molecule has 2 rings (SSSR count). The quantitative estimate of drug-likeness (QED) is 0.482. The number of methoxy groups -OCH3 is 1. The molecule has 0 saturated heterocycles. The van der Waals surface area contributed by atoms with E-state index in [1.165, 1.54) is 31.4 Å². The Morgan fingerprint density at radius 1 is 1.22 bits per heavy atom. The molecule has 0 N–H and O–H groups in total. The van der Waals surface area contributed by atoms with E-state index < -0.39 is 23.5 Å². The van der Waals surface area contributed by atoms with Crippen molar-refractivity contribution < 1.29 is 27.1 Å². The summed E-state index contributed by atoms with van der Waals surface area (Å²) in [4.78, 5) is 15.2. The third kappa shape index (κ3) is 4.15. The van der Waals surface area contributed by atoms with Crippen LogP contribution in [-0.4, -0.2) is 17.9 Å². The van der Waals surface area contributed by atoms with Gasteiger partial charge in [-0.2, -0.15) is 13.2 Å². The zero-order valence-corrected chi connectivity index (χ0v) is 11.9. The average molecular weight is 325 g/mol. The number of nitrogens with zero attached hydrogens (tertiary/aromatic N) is 1. The third-order valence-corrected chi connectivity index (χ3v) is 2.94. The first-order chi connectivity index (χ1) is 10.8. The molecule has 2 aromatic rings. The maximum absolute atomic E-state index is 13.3. The summed E-state index contributed by atoms with van der Waals surface area (Å²) >= 11 is 0. The van der Waals surface area contributed by atoms with Crippen LogP contribution in [0.15, 0.2) is 42.6 Å². The first kappa shape index (κ1) is 16.7.